The summed E-state index contributed by atoms with van der Waals surface area (Å²) in [4.78, 5) is 0. The molecule has 1 rings (SSSR count). The zero-order chi connectivity index (χ0) is 9.14. The molecule has 1 atom stereocenters. The average Bonchev–Trinajstić information content (AvgIpc) is 2.03. The highest BCUT2D eigenvalue weighted by molar-refractivity contribution is 6.30. The van der Waals surface area contributed by atoms with E-state index in [0.29, 0.717) is 10.6 Å². The second-order valence-corrected chi connectivity index (χ2v) is 2.81. The lowest BCUT2D eigenvalue weighted by Crippen LogP contribution is -2.16. The van der Waals surface area contributed by atoms with Crippen molar-refractivity contribution in [1.29, 1.82) is 5.41 Å². The van der Waals surface area contributed by atoms with E-state index in [1.165, 1.54) is 12.1 Å². The van der Waals surface area contributed by atoms with E-state index < -0.39 is 12.0 Å². The van der Waals surface area contributed by atoms with E-state index in [1.54, 1.807) is 12.1 Å². The molecule has 0 radical (unpaired) electrons. The Kier molecular flexibility index (Phi) is 2.65. The first-order valence-electron chi connectivity index (χ1n) is 3.34. The summed E-state index contributed by atoms with van der Waals surface area (Å²) in [5, 5.41) is 7.31. The lowest BCUT2D eigenvalue weighted by Gasteiger charge is -2.05. The first-order chi connectivity index (χ1) is 5.61. The van der Waals surface area contributed by atoms with Crippen LogP contribution in [-0.4, -0.2) is 5.84 Å². The van der Waals surface area contributed by atoms with Crippen molar-refractivity contribution in [3.63, 3.8) is 0 Å². The molecule has 2 nitrogen and oxygen atoms in total. The van der Waals surface area contributed by atoms with Gasteiger partial charge in [0.2, 0.25) is 0 Å². The van der Waals surface area contributed by atoms with Crippen LogP contribution in [0.1, 0.15) is 11.7 Å². The molecule has 0 fully saturated rings. The molecule has 0 bridgehead atoms. The Labute approximate surface area is 74.7 Å². The maximum Gasteiger partial charge on any atom is 0.181 e. The molecule has 1 unspecified atom stereocenters. The van der Waals surface area contributed by atoms with Crippen LogP contribution in [0.2, 0.25) is 5.02 Å². The molecule has 1 aromatic carbocycles. The smallest absolute Gasteiger partial charge is 0.181 e. The van der Waals surface area contributed by atoms with Crippen LogP contribution >= 0.6 is 11.6 Å². The quantitative estimate of drug-likeness (QED) is 0.540. The molecule has 0 aliphatic heterocycles. The Balaban J connectivity index is 2.95. The molecular weight excluding hydrogens is 179 g/mol. The fraction of sp³-hybridized carbons (Fsp3) is 0.125. The van der Waals surface area contributed by atoms with E-state index in [1.807, 2.05) is 0 Å². The van der Waals surface area contributed by atoms with Crippen molar-refractivity contribution in [3.05, 3.63) is 34.9 Å². The van der Waals surface area contributed by atoms with Gasteiger partial charge in [0.1, 0.15) is 5.84 Å². The van der Waals surface area contributed by atoms with Crippen LogP contribution in [0.15, 0.2) is 24.3 Å². The molecule has 1 aromatic rings. The van der Waals surface area contributed by atoms with E-state index in [-0.39, 0.29) is 0 Å². The molecule has 0 saturated carbocycles. The van der Waals surface area contributed by atoms with Crippen molar-refractivity contribution >= 4 is 17.4 Å². The first kappa shape index (κ1) is 9.00. The van der Waals surface area contributed by atoms with Crippen LogP contribution in [-0.2, 0) is 0 Å². The zero-order valence-corrected chi connectivity index (χ0v) is 6.98. The van der Waals surface area contributed by atoms with Crippen molar-refractivity contribution in [2.24, 2.45) is 5.73 Å². The summed E-state index contributed by atoms with van der Waals surface area (Å²) >= 11 is 5.62. The summed E-state index contributed by atoms with van der Waals surface area (Å²) < 4.78 is 13.0. The van der Waals surface area contributed by atoms with Crippen molar-refractivity contribution in [2.45, 2.75) is 6.17 Å². The Morgan fingerprint density at radius 3 is 2.75 bits per heavy atom. The molecule has 12 heavy (non-hydrogen) atoms. The van der Waals surface area contributed by atoms with Gasteiger partial charge in [-0.05, 0) is 17.7 Å². The normalized spacial score (nSPS) is 12.5. The topological polar surface area (TPSA) is 49.9 Å². The molecule has 0 aromatic heterocycles. The van der Waals surface area contributed by atoms with Crippen LogP contribution in [0.3, 0.4) is 0 Å². The van der Waals surface area contributed by atoms with Gasteiger partial charge in [-0.3, -0.25) is 5.41 Å². The highest BCUT2D eigenvalue weighted by Gasteiger charge is 2.12. The van der Waals surface area contributed by atoms with Gasteiger partial charge in [-0.2, -0.15) is 0 Å². The highest BCUT2D eigenvalue weighted by atomic mass is 35.5. The van der Waals surface area contributed by atoms with E-state index in [9.17, 15) is 4.39 Å². The van der Waals surface area contributed by atoms with Crippen LogP contribution in [0.4, 0.5) is 4.39 Å². The first-order valence-corrected chi connectivity index (χ1v) is 3.72. The molecule has 0 heterocycles. The summed E-state index contributed by atoms with van der Waals surface area (Å²) in [5.74, 6) is -0.503. The number of amidine groups is 1. The largest absolute Gasteiger partial charge is 0.385 e. The SMILES string of the molecule is N=C(N)C(F)c1cccc(Cl)c1. The van der Waals surface area contributed by atoms with Crippen LogP contribution < -0.4 is 5.73 Å². The molecule has 0 aliphatic carbocycles. The second kappa shape index (κ2) is 3.54. The zero-order valence-electron chi connectivity index (χ0n) is 6.22. The van der Waals surface area contributed by atoms with E-state index in [2.05, 4.69) is 0 Å². The lowest BCUT2D eigenvalue weighted by molar-refractivity contribution is 0.435. The minimum atomic E-state index is -1.55. The minimum absolute atomic E-state index is 0.315. The van der Waals surface area contributed by atoms with E-state index >= 15 is 0 Å². The predicted octanol–water partition coefficient (Wildman–Crippen LogP) is 2.29. The third-order valence-corrected chi connectivity index (χ3v) is 1.65. The van der Waals surface area contributed by atoms with Gasteiger partial charge >= 0.3 is 0 Å². The predicted molar refractivity (Wildman–Crippen MR) is 47.2 cm³/mol. The molecule has 0 spiro atoms. The van der Waals surface area contributed by atoms with Crippen molar-refractivity contribution in [2.75, 3.05) is 0 Å². The number of hydrogen-bond donors (Lipinski definition) is 2. The summed E-state index contributed by atoms with van der Waals surface area (Å²) in [7, 11) is 0. The Bertz CT molecular complexity index is 301. The van der Waals surface area contributed by atoms with Gasteiger partial charge in [-0.15, -0.1) is 0 Å². The van der Waals surface area contributed by atoms with Crippen molar-refractivity contribution < 1.29 is 4.39 Å². The highest BCUT2D eigenvalue weighted by Crippen LogP contribution is 2.20. The van der Waals surface area contributed by atoms with Crippen molar-refractivity contribution in [3.8, 4) is 0 Å². The van der Waals surface area contributed by atoms with Crippen LogP contribution in [0.25, 0.3) is 0 Å². The minimum Gasteiger partial charge on any atom is -0.385 e. The van der Waals surface area contributed by atoms with E-state index in [0.717, 1.165) is 0 Å². The van der Waals surface area contributed by atoms with Gasteiger partial charge < -0.3 is 5.73 Å². The summed E-state index contributed by atoms with van der Waals surface area (Å²) in [6, 6.07) is 6.25. The molecular formula is C8H8ClFN2. The molecule has 0 amide bonds. The Hall–Kier alpha value is -1.09. The molecule has 0 aliphatic rings. The fourth-order valence-corrected chi connectivity index (χ4v) is 1.04. The van der Waals surface area contributed by atoms with Gasteiger partial charge in [0.15, 0.2) is 6.17 Å². The number of alkyl halides is 1. The molecule has 0 saturated heterocycles. The molecule has 4 heteroatoms. The molecule has 3 N–H and O–H groups in total. The number of halogens is 2. The lowest BCUT2D eigenvalue weighted by atomic mass is 10.1. The van der Waals surface area contributed by atoms with E-state index in [4.69, 9.17) is 22.7 Å². The number of nitrogens with two attached hydrogens (primary N) is 1. The Morgan fingerprint density at radius 2 is 2.25 bits per heavy atom. The third-order valence-electron chi connectivity index (χ3n) is 1.41. The number of rotatable bonds is 2. The van der Waals surface area contributed by atoms with Gasteiger partial charge in [-0.1, -0.05) is 23.7 Å². The average molecular weight is 187 g/mol. The van der Waals surface area contributed by atoms with Crippen LogP contribution in [0, 0.1) is 5.41 Å². The number of nitrogens with one attached hydrogen (secondary N) is 1. The van der Waals surface area contributed by atoms with Gasteiger partial charge in [0.05, 0.1) is 0 Å². The number of benzene rings is 1. The monoisotopic (exact) mass is 186 g/mol. The second-order valence-electron chi connectivity index (χ2n) is 2.37. The number of hydrogen-bond acceptors (Lipinski definition) is 1. The molecule has 64 valence electrons. The van der Waals surface area contributed by atoms with Crippen molar-refractivity contribution in [1.82, 2.24) is 0 Å². The summed E-state index contributed by atoms with van der Waals surface area (Å²) in [6.07, 6.45) is -1.55. The fourth-order valence-electron chi connectivity index (χ4n) is 0.844. The third kappa shape index (κ3) is 1.95. The summed E-state index contributed by atoms with van der Waals surface area (Å²) in [6.45, 7) is 0. The van der Waals surface area contributed by atoms with Gasteiger partial charge in [0.25, 0.3) is 0 Å². The van der Waals surface area contributed by atoms with Gasteiger partial charge in [0, 0.05) is 5.02 Å². The maximum atomic E-state index is 13.0. The Morgan fingerprint density at radius 1 is 1.58 bits per heavy atom. The van der Waals surface area contributed by atoms with Gasteiger partial charge in [-0.25, -0.2) is 4.39 Å². The summed E-state index contributed by atoms with van der Waals surface area (Å²) in [5.41, 5.74) is 5.30. The standard InChI is InChI=1S/C8H8ClFN2/c9-6-3-1-2-5(4-6)7(10)8(11)12/h1-4,7H,(H3,11,12). The van der Waals surface area contributed by atoms with Crippen LogP contribution in [0.5, 0.6) is 0 Å². The maximum absolute atomic E-state index is 13.0.